The topological polar surface area (TPSA) is 66.4 Å². The predicted octanol–water partition coefficient (Wildman–Crippen LogP) is 2.69. The third-order valence-electron chi connectivity index (χ3n) is 2.75. The van der Waals surface area contributed by atoms with E-state index in [2.05, 4.69) is 5.32 Å². The van der Waals surface area contributed by atoms with Crippen molar-refractivity contribution in [3.05, 3.63) is 22.4 Å². The molecule has 0 spiro atoms. The van der Waals surface area contributed by atoms with Crippen molar-refractivity contribution in [2.45, 2.75) is 45.6 Å². The first-order chi connectivity index (χ1) is 8.99. The zero-order valence-corrected chi connectivity index (χ0v) is 12.2. The van der Waals surface area contributed by atoms with Crippen LogP contribution >= 0.6 is 11.3 Å². The first-order valence-electron chi connectivity index (χ1n) is 6.53. The largest absolute Gasteiger partial charge is 0.480 e. The van der Waals surface area contributed by atoms with Crippen LogP contribution in [0.25, 0.3) is 0 Å². The van der Waals surface area contributed by atoms with Crippen LogP contribution in [0, 0.1) is 5.92 Å². The molecule has 0 saturated heterocycles. The number of hydrogen-bond donors (Lipinski definition) is 2. The molecule has 1 atom stereocenters. The Balaban J connectivity index is 2.30. The molecule has 0 radical (unpaired) electrons. The van der Waals surface area contributed by atoms with Crippen LogP contribution in [0.15, 0.2) is 17.5 Å². The monoisotopic (exact) mass is 283 g/mol. The zero-order chi connectivity index (χ0) is 14.3. The average molecular weight is 283 g/mol. The molecule has 0 aliphatic carbocycles. The molecule has 0 aromatic carbocycles. The van der Waals surface area contributed by atoms with Gasteiger partial charge in [0.05, 0.1) is 0 Å². The fourth-order valence-corrected chi connectivity index (χ4v) is 2.59. The van der Waals surface area contributed by atoms with Crippen LogP contribution < -0.4 is 5.32 Å². The van der Waals surface area contributed by atoms with Crippen molar-refractivity contribution < 1.29 is 14.7 Å². The Hall–Kier alpha value is -1.36. The Morgan fingerprint density at radius 1 is 1.42 bits per heavy atom. The minimum Gasteiger partial charge on any atom is -0.480 e. The molecule has 1 heterocycles. The molecule has 19 heavy (non-hydrogen) atoms. The highest BCUT2D eigenvalue weighted by Gasteiger charge is 2.20. The van der Waals surface area contributed by atoms with Crippen LogP contribution in [0.4, 0.5) is 0 Å². The van der Waals surface area contributed by atoms with Gasteiger partial charge in [-0.3, -0.25) is 4.79 Å². The van der Waals surface area contributed by atoms with E-state index in [0.29, 0.717) is 12.8 Å². The minimum absolute atomic E-state index is 0.176. The summed E-state index contributed by atoms with van der Waals surface area (Å²) < 4.78 is 0. The number of nitrogens with one attached hydrogen (secondary N) is 1. The molecule has 5 heteroatoms. The standard InChI is InChI=1S/C14H21NO3S/c1-10(2)9-12(14(17)18)15-13(16)7-3-5-11-6-4-8-19-11/h4,6,8,10,12H,3,5,7,9H2,1-2H3,(H,15,16)(H,17,18). The predicted molar refractivity (Wildman–Crippen MR) is 76.3 cm³/mol. The van der Waals surface area contributed by atoms with Crippen molar-refractivity contribution in [2.24, 2.45) is 5.92 Å². The summed E-state index contributed by atoms with van der Waals surface area (Å²) in [6.07, 6.45) is 2.46. The number of carboxylic acids is 1. The van der Waals surface area contributed by atoms with Crippen LogP contribution in [0.1, 0.15) is 38.0 Å². The second-order valence-corrected chi connectivity index (χ2v) is 6.05. The maximum Gasteiger partial charge on any atom is 0.326 e. The molecule has 0 aliphatic heterocycles. The molecule has 2 N–H and O–H groups in total. The van der Waals surface area contributed by atoms with E-state index in [0.717, 1.165) is 12.8 Å². The average Bonchev–Trinajstić information content (AvgIpc) is 2.80. The van der Waals surface area contributed by atoms with Gasteiger partial charge in [-0.25, -0.2) is 4.79 Å². The molecule has 4 nitrogen and oxygen atoms in total. The fourth-order valence-electron chi connectivity index (χ4n) is 1.84. The molecular formula is C14H21NO3S. The summed E-state index contributed by atoms with van der Waals surface area (Å²) in [5, 5.41) is 13.6. The van der Waals surface area contributed by atoms with E-state index in [1.54, 1.807) is 11.3 Å². The van der Waals surface area contributed by atoms with Gasteiger partial charge in [-0.15, -0.1) is 11.3 Å². The highest BCUT2D eigenvalue weighted by Crippen LogP contribution is 2.12. The lowest BCUT2D eigenvalue weighted by Crippen LogP contribution is -2.41. The van der Waals surface area contributed by atoms with E-state index in [1.807, 2.05) is 31.4 Å². The summed E-state index contributed by atoms with van der Waals surface area (Å²) in [5.41, 5.74) is 0. The van der Waals surface area contributed by atoms with Crippen molar-refractivity contribution in [1.29, 1.82) is 0 Å². The molecular weight excluding hydrogens is 262 g/mol. The van der Waals surface area contributed by atoms with E-state index in [9.17, 15) is 9.59 Å². The fraction of sp³-hybridized carbons (Fsp3) is 0.571. The van der Waals surface area contributed by atoms with Gasteiger partial charge in [-0.2, -0.15) is 0 Å². The van der Waals surface area contributed by atoms with Crippen molar-refractivity contribution in [3.8, 4) is 0 Å². The van der Waals surface area contributed by atoms with E-state index >= 15 is 0 Å². The molecule has 0 fully saturated rings. The van der Waals surface area contributed by atoms with Crippen LogP contribution in [0.2, 0.25) is 0 Å². The number of rotatable bonds is 8. The van der Waals surface area contributed by atoms with Gasteiger partial charge in [0.15, 0.2) is 0 Å². The van der Waals surface area contributed by atoms with Crippen molar-refractivity contribution in [3.63, 3.8) is 0 Å². The second kappa shape index (κ2) is 7.94. The van der Waals surface area contributed by atoms with E-state index in [1.165, 1.54) is 4.88 Å². The van der Waals surface area contributed by atoms with Crippen LogP contribution in [0.5, 0.6) is 0 Å². The Labute approximate surface area is 117 Å². The summed E-state index contributed by atoms with van der Waals surface area (Å²) in [4.78, 5) is 24.0. The maximum absolute atomic E-state index is 11.7. The molecule has 1 unspecified atom stereocenters. The van der Waals surface area contributed by atoms with E-state index < -0.39 is 12.0 Å². The van der Waals surface area contributed by atoms with Crippen molar-refractivity contribution >= 4 is 23.2 Å². The Bertz CT molecular complexity index is 401. The molecule has 0 aliphatic rings. The lowest BCUT2D eigenvalue weighted by Gasteiger charge is -2.16. The molecule has 1 aromatic rings. The zero-order valence-electron chi connectivity index (χ0n) is 11.4. The number of carbonyl (C=O) groups is 2. The molecule has 1 amide bonds. The van der Waals surface area contributed by atoms with E-state index in [-0.39, 0.29) is 11.8 Å². The SMILES string of the molecule is CC(C)CC(NC(=O)CCCc1cccs1)C(=O)O. The molecule has 1 aromatic heterocycles. The summed E-state index contributed by atoms with van der Waals surface area (Å²) in [7, 11) is 0. The van der Waals surface area contributed by atoms with Gasteiger partial charge < -0.3 is 10.4 Å². The molecule has 106 valence electrons. The van der Waals surface area contributed by atoms with Crippen LogP contribution in [-0.4, -0.2) is 23.0 Å². The molecule has 0 saturated carbocycles. The Kier molecular flexibility index (Phi) is 6.56. The Morgan fingerprint density at radius 3 is 2.68 bits per heavy atom. The van der Waals surface area contributed by atoms with Gasteiger partial charge in [0.1, 0.15) is 6.04 Å². The second-order valence-electron chi connectivity index (χ2n) is 5.02. The normalized spacial score (nSPS) is 12.4. The van der Waals surface area contributed by atoms with Gasteiger partial charge in [-0.1, -0.05) is 19.9 Å². The highest BCUT2D eigenvalue weighted by atomic mass is 32.1. The lowest BCUT2D eigenvalue weighted by atomic mass is 10.0. The maximum atomic E-state index is 11.7. The highest BCUT2D eigenvalue weighted by molar-refractivity contribution is 7.09. The third-order valence-corrected chi connectivity index (χ3v) is 3.68. The smallest absolute Gasteiger partial charge is 0.326 e. The van der Waals surface area contributed by atoms with Gasteiger partial charge >= 0.3 is 5.97 Å². The number of aliphatic carboxylic acids is 1. The third kappa shape index (κ3) is 6.38. The van der Waals surface area contributed by atoms with Gasteiger partial charge in [0, 0.05) is 11.3 Å². The number of carboxylic acid groups (broad SMARTS) is 1. The van der Waals surface area contributed by atoms with Crippen molar-refractivity contribution in [2.75, 3.05) is 0 Å². The number of aryl methyl sites for hydroxylation is 1. The molecule has 0 bridgehead atoms. The summed E-state index contributed by atoms with van der Waals surface area (Å²) >= 11 is 1.68. The van der Waals surface area contributed by atoms with Gasteiger partial charge in [-0.05, 0) is 36.6 Å². The van der Waals surface area contributed by atoms with Gasteiger partial charge in [0.2, 0.25) is 5.91 Å². The summed E-state index contributed by atoms with van der Waals surface area (Å²) in [6.45, 7) is 3.89. The van der Waals surface area contributed by atoms with E-state index in [4.69, 9.17) is 5.11 Å². The minimum atomic E-state index is -0.958. The Morgan fingerprint density at radius 2 is 2.16 bits per heavy atom. The van der Waals surface area contributed by atoms with Crippen molar-refractivity contribution in [1.82, 2.24) is 5.32 Å². The molecule has 1 rings (SSSR count). The summed E-state index contributed by atoms with van der Waals surface area (Å²) in [6, 6.07) is 3.26. The lowest BCUT2D eigenvalue weighted by molar-refractivity contribution is -0.142. The first kappa shape index (κ1) is 15.7. The number of carbonyl (C=O) groups excluding carboxylic acids is 1. The quantitative estimate of drug-likeness (QED) is 0.771. The number of thiophene rings is 1. The van der Waals surface area contributed by atoms with Gasteiger partial charge in [0.25, 0.3) is 0 Å². The first-order valence-corrected chi connectivity index (χ1v) is 7.41. The summed E-state index contributed by atoms with van der Waals surface area (Å²) in [5.74, 6) is -0.891. The van der Waals surface area contributed by atoms with Crippen LogP contribution in [0.3, 0.4) is 0 Å². The van der Waals surface area contributed by atoms with Crippen LogP contribution in [-0.2, 0) is 16.0 Å². The number of amides is 1. The number of hydrogen-bond acceptors (Lipinski definition) is 3.